The molecule has 6 nitrogen and oxygen atoms in total. The van der Waals surface area contributed by atoms with Gasteiger partial charge in [0.05, 0.1) is 0 Å². The first kappa shape index (κ1) is 56.4. The average molecular weight is 821 g/mol. The molecule has 0 aliphatic carbocycles. The van der Waals surface area contributed by atoms with Crippen molar-refractivity contribution in [2.24, 2.45) is 5.92 Å². The van der Waals surface area contributed by atoms with Gasteiger partial charge in [0.25, 0.3) is 0 Å². The van der Waals surface area contributed by atoms with Gasteiger partial charge < -0.3 is 14.2 Å². The van der Waals surface area contributed by atoms with Gasteiger partial charge in [-0.25, -0.2) is 0 Å². The predicted octanol–water partition coefficient (Wildman–Crippen LogP) is 16.7. The Hall–Kier alpha value is -1.59. The van der Waals surface area contributed by atoms with Gasteiger partial charge in [-0.1, -0.05) is 252 Å². The zero-order chi connectivity index (χ0) is 42.4. The number of esters is 3. The lowest BCUT2D eigenvalue weighted by Gasteiger charge is -2.18. The highest BCUT2D eigenvalue weighted by Gasteiger charge is 2.19. The molecule has 0 aromatic carbocycles. The number of rotatable bonds is 47. The summed E-state index contributed by atoms with van der Waals surface area (Å²) in [6.07, 6.45) is 48.3. The molecule has 0 fully saturated rings. The third-order valence-electron chi connectivity index (χ3n) is 12.2. The van der Waals surface area contributed by atoms with Gasteiger partial charge >= 0.3 is 17.9 Å². The lowest BCUT2D eigenvalue weighted by molar-refractivity contribution is -0.167. The number of unbranched alkanes of at least 4 members (excludes halogenated alkanes) is 33. The molecule has 0 spiro atoms. The van der Waals surface area contributed by atoms with Crippen LogP contribution in [0.5, 0.6) is 0 Å². The molecular weight excluding hydrogens is 721 g/mol. The molecular formula is C52H100O6. The molecule has 0 N–H and O–H groups in total. The summed E-state index contributed by atoms with van der Waals surface area (Å²) >= 11 is 0. The summed E-state index contributed by atoms with van der Waals surface area (Å²) < 4.78 is 16.7. The van der Waals surface area contributed by atoms with Crippen LogP contribution in [0.15, 0.2) is 0 Å². The fourth-order valence-corrected chi connectivity index (χ4v) is 7.83. The van der Waals surface area contributed by atoms with E-state index in [4.69, 9.17) is 14.2 Å². The van der Waals surface area contributed by atoms with E-state index in [2.05, 4.69) is 27.7 Å². The third-order valence-corrected chi connectivity index (χ3v) is 12.2. The molecule has 0 aliphatic rings. The minimum atomic E-state index is -0.758. The van der Waals surface area contributed by atoms with Gasteiger partial charge in [-0.2, -0.15) is 0 Å². The van der Waals surface area contributed by atoms with Crippen LogP contribution >= 0.6 is 0 Å². The van der Waals surface area contributed by atoms with E-state index in [1.165, 1.54) is 180 Å². The Morgan fingerprint density at radius 2 is 0.603 bits per heavy atom. The van der Waals surface area contributed by atoms with Gasteiger partial charge in [0.1, 0.15) is 13.2 Å². The Morgan fingerprint density at radius 3 is 0.897 bits per heavy atom. The number of hydrogen-bond donors (Lipinski definition) is 0. The predicted molar refractivity (Wildman–Crippen MR) is 247 cm³/mol. The minimum absolute atomic E-state index is 0.0639. The molecule has 58 heavy (non-hydrogen) atoms. The molecule has 0 saturated carbocycles. The fourth-order valence-electron chi connectivity index (χ4n) is 7.83. The lowest BCUT2D eigenvalue weighted by atomic mass is 9.99. The van der Waals surface area contributed by atoms with Crippen molar-refractivity contribution in [1.82, 2.24) is 0 Å². The van der Waals surface area contributed by atoms with Crippen LogP contribution in [0.4, 0.5) is 0 Å². The standard InChI is InChI=1S/C52H100O6/c1-5-8-10-12-13-14-15-22-26-29-32-36-40-44-51(54)57-47-49(46-56-50(53)43-39-34-11-9-6-2)58-52(55)45-41-37-33-30-27-24-21-19-17-16-18-20-23-25-28-31-35-38-42-48(4)7-3/h48-49H,5-47H2,1-4H3/t48?,49-/m0/s1. The van der Waals surface area contributed by atoms with Gasteiger partial charge in [0.2, 0.25) is 0 Å². The van der Waals surface area contributed by atoms with Crippen molar-refractivity contribution < 1.29 is 28.6 Å². The second kappa shape index (κ2) is 46.5. The van der Waals surface area contributed by atoms with E-state index in [9.17, 15) is 14.4 Å². The first-order valence-electron chi connectivity index (χ1n) is 25.9. The molecule has 0 heterocycles. The third kappa shape index (κ3) is 44.0. The van der Waals surface area contributed by atoms with Gasteiger partial charge in [0.15, 0.2) is 6.10 Å². The monoisotopic (exact) mass is 821 g/mol. The van der Waals surface area contributed by atoms with Crippen molar-refractivity contribution in [2.45, 2.75) is 297 Å². The molecule has 6 heteroatoms. The van der Waals surface area contributed by atoms with Crippen molar-refractivity contribution in [3.8, 4) is 0 Å². The zero-order valence-electron chi connectivity index (χ0n) is 39.5. The Bertz CT molecular complexity index is 874. The van der Waals surface area contributed by atoms with Gasteiger partial charge in [-0.3, -0.25) is 14.4 Å². The minimum Gasteiger partial charge on any atom is -0.462 e. The molecule has 2 atom stereocenters. The van der Waals surface area contributed by atoms with Crippen molar-refractivity contribution in [3.63, 3.8) is 0 Å². The van der Waals surface area contributed by atoms with Gasteiger partial charge in [-0.05, 0) is 25.2 Å². The molecule has 1 unspecified atom stereocenters. The van der Waals surface area contributed by atoms with E-state index >= 15 is 0 Å². The van der Waals surface area contributed by atoms with Crippen LogP contribution in [0, 0.1) is 5.92 Å². The number of carbonyl (C=O) groups excluding carboxylic acids is 3. The van der Waals surface area contributed by atoms with Gasteiger partial charge in [-0.15, -0.1) is 0 Å². The first-order valence-corrected chi connectivity index (χ1v) is 25.9. The fraction of sp³-hybridized carbons (Fsp3) is 0.942. The van der Waals surface area contributed by atoms with Crippen molar-refractivity contribution >= 4 is 17.9 Å². The molecule has 0 aliphatic heterocycles. The van der Waals surface area contributed by atoms with Crippen molar-refractivity contribution in [2.75, 3.05) is 13.2 Å². The van der Waals surface area contributed by atoms with Crippen LogP contribution in [0.25, 0.3) is 0 Å². The molecule has 0 bridgehead atoms. The number of hydrogen-bond acceptors (Lipinski definition) is 6. The Morgan fingerprint density at radius 1 is 0.345 bits per heavy atom. The highest BCUT2D eigenvalue weighted by molar-refractivity contribution is 5.71. The largest absolute Gasteiger partial charge is 0.462 e. The highest BCUT2D eigenvalue weighted by atomic mass is 16.6. The SMILES string of the molecule is CCCCCCCCCCCCCCCC(=O)OC[C@H](COC(=O)CCCCCCC)OC(=O)CCCCCCCCCCCCCCCCCCCCC(C)CC. The maximum Gasteiger partial charge on any atom is 0.306 e. The first-order chi connectivity index (χ1) is 28.4. The van der Waals surface area contributed by atoms with Gasteiger partial charge in [0, 0.05) is 19.3 Å². The molecule has 0 aromatic rings. The summed E-state index contributed by atoms with van der Waals surface area (Å²) in [7, 11) is 0. The van der Waals surface area contributed by atoms with E-state index < -0.39 is 6.10 Å². The van der Waals surface area contributed by atoms with E-state index in [1.54, 1.807) is 0 Å². The summed E-state index contributed by atoms with van der Waals surface area (Å²) in [5.41, 5.74) is 0. The topological polar surface area (TPSA) is 78.9 Å². The summed E-state index contributed by atoms with van der Waals surface area (Å²) in [5, 5.41) is 0. The molecule has 344 valence electrons. The van der Waals surface area contributed by atoms with Crippen molar-refractivity contribution in [3.05, 3.63) is 0 Å². The van der Waals surface area contributed by atoms with E-state index in [-0.39, 0.29) is 31.1 Å². The van der Waals surface area contributed by atoms with E-state index in [0.717, 1.165) is 70.1 Å². The maximum absolute atomic E-state index is 12.7. The Kier molecular flexibility index (Phi) is 45.2. The second-order valence-corrected chi connectivity index (χ2v) is 18.1. The van der Waals surface area contributed by atoms with Crippen LogP contribution in [-0.4, -0.2) is 37.2 Å². The molecule has 0 rings (SSSR count). The second-order valence-electron chi connectivity index (χ2n) is 18.1. The molecule has 0 radical (unpaired) electrons. The van der Waals surface area contributed by atoms with E-state index in [0.29, 0.717) is 19.3 Å². The highest BCUT2D eigenvalue weighted by Crippen LogP contribution is 2.18. The molecule has 0 saturated heterocycles. The van der Waals surface area contributed by atoms with Crippen LogP contribution in [0.2, 0.25) is 0 Å². The number of carbonyl (C=O) groups is 3. The Balaban J connectivity index is 4.06. The summed E-state index contributed by atoms with van der Waals surface area (Å²) in [6.45, 7) is 9.00. The van der Waals surface area contributed by atoms with Crippen LogP contribution in [-0.2, 0) is 28.6 Å². The maximum atomic E-state index is 12.7. The summed E-state index contributed by atoms with van der Waals surface area (Å²) in [5.74, 6) is 0.0492. The molecule has 0 aromatic heterocycles. The van der Waals surface area contributed by atoms with Crippen LogP contribution in [0.1, 0.15) is 291 Å². The summed E-state index contributed by atoms with van der Waals surface area (Å²) in [4.78, 5) is 37.6. The smallest absolute Gasteiger partial charge is 0.306 e. The lowest BCUT2D eigenvalue weighted by Crippen LogP contribution is -2.30. The van der Waals surface area contributed by atoms with Crippen LogP contribution in [0.3, 0.4) is 0 Å². The van der Waals surface area contributed by atoms with Crippen molar-refractivity contribution in [1.29, 1.82) is 0 Å². The summed E-state index contributed by atoms with van der Waals surface area (Å²) in [6, 6.07) is 0. The zero-order valence-corrected chi connectivity index (χ0v) is 39.5. The quantitative estimate of drug-likeness (QED) is 0.0346. The van der Waals surface area contributed by atoms with E-state index in [1.807, 2.05) is 0 Å². The average Bonchev–Trinajstić information content (AvgIpc) is 3.22. The molecule has 0 amide bonds. The normalized spacial score (nSPS) is 12.4. The van der Waals surface area contributed by atoms with Crippen LogP contribution < -0.4 is 0 Å². The Labute approximate surface area is 361 Å². The number of ether oxygens (including phenoxy) is 3.